The van der Waals surface area contributed by atoms with E-state index in [1.165, 1.54) is 126 Å². The molecule has 1 heteroatoms. The zero-order valence-corrected chi connectivity index (χ0v) is 38.7. The van der Waals surface area contributed by atoms with Crippen LogP contribution < -0.4 is 4.74 Å². The van der Waals surface area contributed by atoms with E-state index in [0.29, 0.717) is 0 Å². The van der Waals surface area contributed by atoms with Crippen molar-refractivity contribution in [3.05, 3.63) is 255 Å². The third kappa shape index (κ3) is 6.41. The van der Waals surface area contributed by atoms with E-state index in [4.69, 9.17) is 4.74 Å². The Kier molecular flexibility index (Phi) is 8.73. The fourth-order valence-electron chi connectivity index (χ4n) is 11.7. The highest BCUT2D eigenvalue weighted by atomic mass is 16.5. The summed E-state index contributed by atoms with van der Waals surface area (Å²) < 4.78 is 6.64. The van der Waals surface area contributed by atoms with Crippen LogP contribution in [0.1, 0.15) is 0 Å². The minimum Gasteiger partial charge on any atom is -0.456 e. The predicted molar refractivity (Wildman–Crippen MR) is 302 cm³/mol. The van der Waals surface area contributed by atoms with Gasteiger partial charge >= 0.3 is 0 Å². The van der Waals surface area contributed by atoms with E-state index in [2.05, 4.69) is 255 Å². The monoisotopic (exact) mass is 898 g/mol. The number of ether oxygens (including phenoxy) is 1. The standard InChI is InChI=1S/C70H42O/c1-2-10-43(11-3-1)52-30-32-61-63-35-34-58(62-18-9-19-67(70(62)63)71-68(61)42-52)47-23-21-46(22-24-47)57-17-8-15-53-37-50(29-31-59(53)57)49-25-26-51-40-65-56(39-55(51)38-49)41-66(54-27-20-44-12-4-5-14-48(44)36-54)69-60-16-7-6-13-45(60)28-33-64(65)69/h1-42H. The van der Waals surface area contributed by atoms with Crippen LogP contribution in [0.3, 0.4) is 0 Å². The van der Waals surface area contributed by atoms with Crippen molar-refractivity contribution in [1.82, 2.24) is 0 Å². The Morgan fingerprint density at radius 2 is 0.761 bits per heavy atom. The normalized spacial score (nSPS) is 12.1. The van der Waals surface area contributed by atoms with Crippen LogP contribution in [0.15, 0.2) is 255 Å². The van der Waals surface area contributed by atoms with Crippen molar-refractivity contribution in [1.29, 1.82) is 0 Å². The van der Waals surface area contributed by atoms with Crippen molar-refractivity contribution >= 4 is 75.4 Å². The predicted octanol–water partition coefficient (Wildman–Crippen LogP) is 19.9. The van der Waals surface area contributed by atoms with E-state index < -0.39 is 0 Å². The lowest BCUT2D eigenvalue weighted by atomic mass is 9.88. The summed E-state index contributed by atoms with van der Waals surface area (Å²) >= 11 is 0. The van der Waals surface area contributed by atoms with Gasteiger partial charge in [0, 0.05) is 10.9 Å². The Bertz CT molecular complexity index is 4520. The molecule has 328 valence electrons. The Hall–Kier alpha value is -9.30. The molecule has 1 heterocycles. The first-order valence-corrected chi connectivity index (χ1v) is 24.5. The van der Waals surface area contributed by atoms with Crippen LogP contribution >= 0.6 is 0 Å². The average Bonchev–Trinajstić information content (AvgIpc) is 3.44. The molecular formula is C70H42O. The van der Waals surface area contributed by atoms with Gasteiger partial charge < -0.3 is 4.74 Å². The highest BCUT2D eigenvalue weighted by molar-refractivity contribution is 6.25. The molecule has 0 amide bonds. The molecule has 1 aliphatic rings. The number of fused-ring (bicyclic) bond motifs is 10. The van der Waals surface area contributed by atoms with E-state index >= 15 is 0 Å². The van der Waals surface area contributed by atoms with Gasteiger partial charge in [0.05, 0.1) is 0 Å². The molecular weight excluding hydrogens is 857 g/mol. The molecule has 14 aromatic carbocycles. The topological polar surface area (TPSA) is 9.23 Å². The third-order valence-corrected chi connectivity index (χ3v) is 15.2. The first kappa shape index (κ1) is 39.7. The van der Waals surface area contributed by atoms with E-state index in [-0.39, 0.29) is 0 Å². The molecule has 0 unspecified atom stereocenters. The molecule has 1 aliphatic heterocycles. The van der Waals surface area contributed by atoms with Gasteiger partial charge in [0.25, 0.3) is 0 Å². The maximum Gasteiger partial charge on any atom is 0.135 e. The molecule has 0 aliphatic carbocycles. The van der Waals surface area contributed by atoms with Gasteiger partial charge in [-0.2, -0.15) is 0 Å². The van der Waals surface area contributed by atoms with Crippen molar-refractivity contribution in [3.63, 3.8) is 0 Å². The fourth-order valence-corrected chi connectivity index (χ4v) is 11.7. The van der Waals surface area contributed by atoms with Crippen LogP contribution in [0, 0.1) is 0 Å². The summed E-state index contributed by atoms with van der Waals surface area (Å²) in [6.07, 6.45) is 0. The first-order valence-electron chi connectivity index (χ1n) is 24.5. The molecule has 0 saturated carbocycles. The average molecular weight is 899 g/mol. The van der Waals surface area contributed by atoms with Crippen molar-refractivity contribution in [2.45, 2.75) is 0 Å². The molecule has 0 N–H and O–H groups in total. The zero-order chi connectivity index (χ0) is 46.6. The lowest BCUT2D eigenvalue weighted by Gasteiger charge is -2.23. The van der Waals surface area contributed by atoms with Crippen LogP contribution in [0.4, 0.5) is 0 Å². The molecule has 0 bridgehead atoms. The lowest BCUT2D eigenvalue weighted by Crippen LogP contribution is -1.98. The maximum absolute atomic E-state index is 6.64. The molecule has 0 atom stereocenters. The Morgan fingerprint density at radius 1 is 0.183 bits per heavy atom. The van der Waals surface area contributed by atoms with Crippen LogP contribution in [0.2, 0.25) is 0 Å². The van der Waals surface area contributed by atoms with Crippen LogP contribution in [-0.2, 0) is 0 Å². The SMILES string of the molecule is c1ccc(-c2ccc3c(c2)Oc2cccc4c(-c5ccc(-c6cccc7cc(-c8ccc9cc%10c(cc(-c%11ccc%12ccccc%12c%11)c%11c%12ccccc%12ccc%10%11)cc9c8)ccc67)cc5)ccc-3c24)cc1. The summed E-state index contributed by atoms with van der Waals surface area (Å²) in [6.45, 7) is 0. The summed E-state index contributed by atoms with van der Waals surface area (Å²) in [7, 11) is 0. The molecule has 0 aromatic heterocycles. The largest absolute Gasteiger partial charge is 0.456 e. The maximum atomic E-state index is 6.64. The van der Waals surface area contributed by atoms with E-state index in [1.54, 1.807) is 0 Å². The van der Waals surface area contributed by atoms with Crippen molar-refractivity contribution in [2.75, 3.05) is 0 Å². The zero-order valence-electron chi connectivity index (χ0n) is 38.7. The van der Waals surface area contributed by atoms with Gasteiger partial charge in [0.15, 0.2) is 0 Å². The number of hydrogen-bond donors (Lipinski definition) is 0. The van der Waals surface area contributed by atoms with Gasteiger partial charge in [0.2, 0.25) is 0 Å². The molecule has 0 fully saturated rings. The lowest BCUT2D eigenvalue weighted by molar-refractivity contribution is 0.487. The first-order chi connectivity index (χ1) is 35.1. The quantitative estimate of drug-likeness (QED) is 0.124. The minimum absolute atomic E-state index is 0.895. The molecule has 1 nitrogen and oxygen atoms in total. The smallest absolute Gasteiger partial charge is 0.135 e. The van der Waals surface area contributed by atoms with E-state index in [1.807, 2.05) is 0 Å². The molecule has 15 rings (SSSR count). The van der Waals surface area contributed by atoms with Gasteiger partial charge in [-0.1, -0.05) is 200 Å². The molecule has 0 saturated heterocycles. The highest BCUT2D eigenvalue weighted by Crippen LogP contribution is 2.50. The van der Waals surface area contributed by atoms with Gasteiger partial charge in [-0.25, -0.2) is 0 Å². The Balaban J connectivity index is 0.770. The van der Waals surface area contributed by atoms with Gasteiger partial charge in [0.1, 0.15) is 11.5 Å². The summed E-state index contributed by atoms with van der Waals surface area (Å²) in [5, 5.41) is 17.5. The summed E-state index contributed by atoms with van der Waals surface area (Å²) in [4.78, 5) is 0. The Morgan fingerprint density at radius 3 is 1.63 bits per heavy atom. The summed E-state index contributed by atoms with van der Waals surface area (Å²) in [5.41, 5.74) is 14.4. The third-order valence-electron chi connectivity index (χ3n) is 15.2. The van der Waals surface area contributed by atoms with Gasteiger partial charge in [-0.05, 0) is 186 Å². The van der Waals surface area contributed by atoms with Gasteiger partial charge in [-0.15, -0.1) is 0 Å². The molecule has 14 aromatic rings. The van der Waals surface area contributed by atoms with Crippen molar-refractivity contribution < 1.29 is 4.74 Å². The highest BCUT2D eigenvalue weighted by Gasteiger charge is 2.23. The van der Waals surface area contributed by atoms with Crippen molar-refractivity contribution in [2.24, 2.45) is 0 Å². The Labute approximate surface area is 411 Å². The second-order valence-electron chi connectivity index (χ2n) is 19.2. The number of hydrogen-bond acceptors (Lipinski definition) is 1. The second kappa shape index (κ2) is 15.6. The van der Waals surface area contributed by atoms with E-state index in [0.717, 1.165) is 28.0 Å². The minimum atomic E-state index is 0.895. The second-order valence-corrected chi connectivity index (χ2v) is 19.2. The van der Waals surface area contributed by atoms with Crippen LogP contribution in [0.25, 0.3) is 142 Å². The van der Waals surface area contributed by atoms with Crippen LogP contribution in [-0.4, -0.2) is 0 Å². The van der Waals surface area contributed by atoms with Crippen LogP contribution in [0.5, 0.6) is 11.5 Å². The summed E-state index contributed by atoms with van der Waals surface area (Å²) in [5.74, 6) is 1.79. The fraction of sp³-hybridized carbons (Fsp3) is 0. The molecule has 0 spiro atoms. The van der Waals surface area contributed by atoms with Crippen molar-refractivity contribution in [3.8, 4) is 78.3 Å². The molecule has 71 heavy (non-hydrogen) atoms. The number of benzene rings is 14. The van der Waals surface area contributed by atoms with Gasteiger partial charge in [-0.3, -0.25) is 0 Å². The summed E-state index contributed by atoms with van der Waals surface area (Å²) in [6, 6.07) is 93.9. The van der Waals surface area contributed by atoms with E-state index in [9.17, 15) is 0 Å². The molecule has 0 radical (unpaired) electrons. The number of rotatable bonds is 5.